The van der Waals surface area contributed by atoms with Crippen molar-refractivity contribution in [2.45, 2.75) is 4.90 Å². The molecule has 0 bridgehead atoms. The summed E-state index contributed by atoms with van der Waals surface area (Å²) < 4.78 is 32.5. The average molecular weight is 472 g/mol. The fourth-order valence-electron chi connectivity index (χ4n) is 2.73. The molecule has 0 heterocycles. The Morgan fingerprint density at radius 1 is 0.848 bits per heavy atom. The second-order valence-electron chi connectivity index (χ2n) is 6.56. The highest BCUT2D eigenvalue weighted by molar-refractivity contribution is 7.92. The Labute approximate surface area is 187 Å². The van der Waals surface area contributed by atoms with E-state index in [1.807, 2.05) is 0 Å². The van der Waals surface area contributed by atoms with Crippen molar-refractivity contribution in [2.75, 3.05) is 17.1 Å². The molecule has 3 aromatic rings. The summed E-state index contributed by atoms with van der Waals surface area (Å²) in [4.78, 5) is 32.6. The zero-order chi connectivity index (χ0) is 24.2. The summed E-state index contributed by atoms with van der Waals surface area (Å²) in [6.07, 6.45) is 0. The predicted octanol–water partition coefficient (Wildman–Crippen LogP) is 3.56. The highest BCUT2D eigenvalue weighted by Gasteiger charge is 2.20. The minimum atomic E-state index is -3.91. The number of sulfonamides is 1. The smallest absolute Gasteiger partial charge is 0.277 e. The van der Waals surface area contributed by atoms with Crippen molar-refractivity contribution in [3.8, 4) is 5.75 Å². The molecule has 0 unspecified atom stereocenters. The summed E-state index contributed by atoms with van der Waals surface area (Å²) in [5, 5.41) is 24.4. The molecule has 0 radical (unpaired) electrons. The van der Waals surface area contributed by atoms with E-state index in [1.54, 1.807) is 12.1 Å². The van der Waals surface area contributed by atoms with Gasteiger partial charge in [0.05, 0.1) is 33.5 Å². The Bertz CT molecular complexity index is 1290. The first-order valence-electron chi connectivity index (χ1n) is 9.11. The summed E-state index contributed by atoms with van der Waals surface area (Å²) in [6.45, 7) is 0. The van der Waals surface area contributed by atoms with Crippen LogP contribution in [0.3, 0.4) is 0 Å². The van der Waals surface area contributed by atoms with Crippen molar-refractivity contribution in [1.82, 2.24) is 0 Å². The van der Waals surface area contributed by atoms with Gasteiger partial charge in [0, 0.05) is 23.5 Å². The van der Waals surface area contributed by atoms with Gasteiger partial charge in [0.2, 0.25) is 0 Å². The van der Waals surface area contributed by atoms with Crippen LogP contribution in [-0.4, -0.2) is 31.3 Å². The third-order valence-electron chi connectivity index (χ3n) is 4.35. The molecule has 0 saturated carbocycles. The maximum atomic E-state index is 12.6. The topological polar surface area (TPSA) is 171 Å². The number of carbonyl (C=O) groups excluding carboxylic acids is 1. The van der Waals surface area contributed by atoms with Crippen LogP contribution in [0.1, 0.15) is 10.4 Å². The van der Waals surface area contributed by atoms with E-state index in [-0.39, 0.29) is 16.1 Å². The van der Waals surface area contributed by atoms with Crippen LogP contribution in [0.2, 0.25) is 0 Å². The predicted molar refractivity (Wildman–Crippen MR) is 118 cm³/mol. The van der Waals surface area contributed by atoms with Crippen molar-refractivity contribution in [2.24, 2.45) is 0 Å². The molecule has 2 N–H and O–H groups in total. The van der Waals surface area contributed by atoms with Crippen LogP contribution in [0, 0.1) is 20.2 Å². The van der Waals surface area contributed by atoms with Gasteiger partial charge >= 0.3 is 0 Å². The van der Waals surface area contributed by atoms with Crippen molar-refractivity contribution in [3.63, 3.8) is 0 Å². The zero-order valence-electron chi connectivity index (χ0n) is 16.9. The van der Waals surface area contributed by atoms with E-state index in [0.717, 1.165) is 18.2 Å². The number of anilines is 2. The quantitative estimate of drug-likeness (QED) is 0.370. The van der Waals surface area contributed by atoms with E-state index in [0.29, 0.717) is 11.4 Å². The van der Waals surface area contributed by atoms with Crippen LogP contribution in [0.25, 0.3) is 0 Å². The largest absolute Gasteiger partial charge is 0.497 e. The second-order valence-corrected chi connectivity index (χ2v) is 8.25. The Kier molecular flexibility index (Phi) is 6.53. The number of carbonyl (C=O) groups is 1. The summed E-state index contributed by atoms with van der Waals surface area (Å²) >= 11 is 0. The summed E-state index contributed by atoms with van der Waals surface area (Å²) in [5.41, 5.74) is -1.02. The van der Waals surface area contributed by atoms with E-state index < -0.39 is 37.2 Å². The number of benzene rings is 3. The molecule has 0 spiro atoms. The molecule has 170 valence electrons. The van der Waals surface area contributed by atoms with Gasteiger partial charge in [-0.15, -0.1) is 0 Å². The molecular weight excluding hydrogens is 456 g/mol. The molecule has 3 rings (SSSR count). The molecule has 0 fully saturated rings. The maximum Gasteiger partial charge on any atom is 0.277 e. The molecule has 3 aromatic carbocycles. The summed E-state index contributed by atoms with van der Waals surface area (Å²) in [6, 6.07) is 13.9. The SMILES string of the molecule is COc1ccc(NS(=O)(=O)c2ccc(NC(=O)c3cc([N+](=O)[O-])cc([N+](=O)[O-])c3)cc2)cc1. The average Bonchev–Trinajstić information content (AvgIpc) is 2.79. The monoisotopic (exact) mass is 472 g/mol. The standard InChI is InChI=1S/C20H16N4O8S/c1-32-18-6-2-15(3-7-18)22-33(30,31)19-8-4-14(5-9-19)21-20(25)13-10-16(23(26)27)12-17(11-13)24(28)29/h2-12,22H,1H3,(H,21,25). The molecule has 0 aliphatic heterocycles. The molecule has 12 nitrogen and oxygen atoms in total. The molecule has 1 amide bonds. The number of methoxy groups -OCH3 is 1. The number of rotatable bonds is 8. The second kappa shape index (κ2) is 9.32. The van der Waals surface area contributed by atoms with Gasteiger partial charge in [-0.2, -0.15) is 0 Å². The van der Waals surface area contributed by atoms with E-state index in [2.05, 4.69) is 10.0 Å². The van der Waals surface area contributed by atoms with Crippen LogP contribution < -0.4 is 14.8 Å². The number of nitrogens with zero attached hydrogens (tertiary/aromatic N) is 2. The number of amides is 1. The first-order valence-corrected chi connectivity index (χ1v) is 10.6. The molecule has 33 heavy (non-hydrogen) atoms. The molecule has 0 aliphatic rings. The maximum absolute atomic E-state index is 12.6. The van der Waals surface area contributed by atoms with Gasteiger partial charge in [-0.25, -0.2) is 8.42 Å². The van der Waals surface area contributed by atoms with Gasteiger partial charge in [-0.1, -0.05) is 0 Å². The highest BCUT2D eigenvalue weighted by Crippen LogP contribution is 2.24. The third-order valence-corrected chi connectivity index (χ3v) is 5.75. The Morgan fingerprint density at radius 2 is 1.36 bits per heavy atom. The van der Waals surface area contributed by atoms with Crippen LogP contribution in [0.5, 0.6) is 5.75 Å². The lowest BCUT2D eigenvalue weighted by molar-refractivity contribution is -0.394. The van der Waals surface area contributed by atoms with Crippen LogP contribution in [-0.2, 0) is 10.0 Å². The number of nitro groups is 2. The Balaban J connectivity index is 1.76. The van der Waals surface area contributed by atoms with E-state index in [1.165, 1.54) is 43.5 Å². The minimum Gasteiger partial charge on any atom is -0.497 e. The van der Waals surface area contributed by atoms with Crippen LogP contribution >= 0.6 is 0 Å². The molecule has 0 saturated heterocycles. The van der Waals surface area contributed by atoms with Gasteiger partial charge in [0.1, 0.15) is 5.75 Å². The number of hydrogen-bond acceptors (Lipinski definition) is 8. The highest BCUT2D eigenvalue weighted by atomic mass is 32.2. The normalized spacial score (nSPS) is 10.8. The van der Waals surface area contributed by atoms with Crippen molar-refractivity contribution in [1.29, 1.82) is 0 Å². The molecular formula is C20H16N4O8S. The van der Waals surface area contributed by atoms with Crippen molar-refractivity contribution >= 4 is 38.7 Å². The van der Waals surface area contributed by atoms with Crippen molar-refractivity contribution in [3.05, 3.63) is 92.5 Å². The van der Waals surface area contributed by atoms with E-state index >= 15 is 0 Å². The lowest BCUT2D eigenvalue weighted by Crippen LogP contribution is -2.14. The Morgan fingerprint density at radius 3 is 1.85 bits per heavy atom. The lowest BCUT2D eigenvalue weighted by Gasteiger charge is -2.10. The molecule has 13 heteroatoms. The van der Waals surface area contributed by atoms with Crippen LogP contribution in [0.4, 0.5) is 22.7 Å². The van der Waals surface area contributed by atoms with E-state index in [4.69, 9.17) is 4.74 Å². The van der Waals surface area contributed by atoms with Gasteiger partial charge in [-0.05, 0) is 48.5 Å². The lowest BCUT2D eigenvalue weighted by atomic mass is 10.1. The van der Waals surface area contributed by atoms with Gasteiger partial charge < -0.3 is 10.1 Å². The first kappa shape index (κ1) is 23.1. The fraction of sp³-hybridized carbons (Fsp3) is 0.0500. The zero-order valence-corrected chi connectivity index (χ0v) is 17.7. The number of nitrogens with one attached hydrogen (secondary N) is 2. The fourth-order valence-corrected chi connectivity index (χ4v) is 3.79. The number of nitro benzene ring substituents is 2. The molecule has 0 aromatic heterocycles. The third kappa shape index (κ3) is 5.59. The van der Waals surface area contributed by atoms with Crippen LogP contribution in [0.15, 0.2) is 71.6 Å². The van der Waals surface area contributed by atoms with Gasteiger partial charge in [0.15, 0.2) is 0 Å². The number of ether oxygens (including phenoxy) is 1. The molecule has 0 aliphatic carbocycles. The first-order chi connectivity index (χ1) is 15.6. The minimum absolute atomic E-state index is 0.0812. The van der Waals surface area contributed by atoms with Crippen molar-refractivity contribution < 1.29 is 27.8 Å². The molecule has 0 atom stereocenters. The van der Waals surface area contributed by atoms with E-state index in [9.17, 15) is 33.4 Å². The van der Waals surface area contributed by atoms with Gasteiger partial charge in [-0.3, -0.25) is 29.7 Å². The number of non-ortho nitro benzene ring substituents is 2. The Hall–Kier alpha value is -4.52. The summed E-state index contributed by atoms with van der Waals surface area (Å²) in [7, 11) is -2.43. The van der Waals surface area contributed by atoms with Gasteiger partial charge in [0.25, 0.3) is 27.3 Å². The summed E-state index contributed by atoms with van der Waals surface area (Å²) in [5.74, 6) is -0.277. The number of hydrogen-bond donors (Lipinski definition) is 2.